The average Bonchev–Trinajstić information content (AvgIpc) is 3.00. The first-order valence-electron chi connectivity index (χ1n) is 20.3. The van der Waals surface area contributed by atoms with Crippen LogP contribution < -0.4 is 5.32 Å². The molecule has 3 nitrogen and oxygen atoms in total. The van der Waals surface area contributed by atoms with Crippen LogP contribution in [-0.4, -0.2) is 35.5 Å². The first-order valence-corrected chi connectivity index (χ1v) is 20.3. The Morgan fingerprint density at radius 1 is 0.302 bits per heavy atom. The molecule has 2 unspecified atom stereocenters. The molecule has 0 saturated carbocycles. The SMILES string of the molecule is CCCCCCCCCCCCCCCCCCC(O)CNCC(O)CCCCCCCCCCCCCCCCCC. The third-order valence-corrected chi connectivity index (χ3v) is 9.54. The summed E-state index contributed by atoms with van der Waals surface area (Å²) in [5.41, 5.74) is 0. The summed E-state index contributed by atoms with van der Waals surface area (Å²) >= 11 is 0. The fraction of sp³-hybridized carbons (Fsp3) is 1.00. The highest BCUT2D eigenvalue weighted by Crippen LogP contribution is 2.16. The second-order valence-corrected chi connectivity index (χ2v) is 14.1. The van der Waals surface area contributed by atoms with Gasteiger partial charge in [-0.15, -0.1) is 0 Å². The van der Waals surface area contributed by atoms with Crippen LogP contribution >= 0.6 is 0 Å². The van der Waals surface area contributed by atoms with Gasteiger partial charge in [-0.3, -0.25) is 0 Å². The second kappa shape index (κ2) is 38.1. The zero-order valence-electron chi connectivity index (χ0n) is 30.0. The summed E-state index contributed by atoms with van der Waals surface area (Å²) in [7, 11) is 0. The minimum Gasteiger partial charge on any atom is -0.392 e. The van der Waals surface area contributed by atoms with E-state index in [9.17, 15) is 10.2 Å². The number of unbranched alkanes of at least 4 members (excludes halogenated alkanes) is 30. The normalized spacial score (nSPS) is 13.1. The fourth-order valence-corrected chi connectivity index (χ4v) is 6.48. The summed E-state index contributed by atoms with van der Waals surface area (Å²) in [4.78, 5) is 0. The van der Waals surface area contributed by atoms with Crippen molar-refractivity contribution >= 4 is 0 Å². The first kappa shape index (κ1) is 42.9. The third kappa shape index (κ3) is 38.0. The number of nitrogens with one attached hydrogen (secondary N) is 1. The molecule has 3 N–H and O–H groups in total. The minimum absolute atomic E-state index is 0.269. The predicted octanol–water partition coefficient (Wildman–Crippen LogP) is 12.6. The van der Waals surface area contributed by atoms with Crippen molar-refractivity contribution in [1.82, 2.24) is 5.32 Å². The van der Waals surface area contributed by atoms with Crippen LogP contribution in [0.2, 0.25) is 0 Å². The van der Waals surface area contributed by atoms with Crippen molar-refractivity contribution in [1.29, 1.82) is 0 Å². The van der Waals surface area contributed by atoms with E-state index in [0.717, 1.165) is 25.7 Å². The van der Waals surface area contributed by atoms with Gasteiger partial charge in [0.05, 0.1) is 12.2 Å². The van der Waals surface area contributed by atoms with E-state index in [1.807, 2.05) is 0 Å². The molecule has 0 aliphatic heterocycles. The Kier molecular flexibility index (Phi) is 38.0. The highest BCUT2D eigenvalue weighted by atomic mass is 16.3. The van der Waals surface area contributed by atoms with Crippen LogP contribution in [0, 0.1) is 0 Å². The molecular weight excluding hydrogens is 526 g/mol. The van der Waals surface area contributed by atoms with E-state index in [4.69, 9.17) is 0 Å². The van der Waals surface area contributed by atoms with Crippen LogP contribution in [-0.2, 0) is 0 Å². The zero-order chi connectivity index (χ0) is 31.3. The highest BCUT2D eigenvalue weighted by Gasteiger charge is 2.07. The number of hydrogen-bond donors (Lipinski definition) is 3. The Labute approximate surface area is 272 Å². The maximum absolute atomic E-state index is 10.3. The lowest BCUT2D eigenvalue weighted by atomic mass is 10.0. The lowest BCUT2D eigenvalue weighted by Crippen LogP contribution is -2.33. The molecule has 3 heteroatoms. The van der Waals surface area contributed by atoms with Crippen molar-refractivity contribution < 1.29 is 10.2 Å². The summed E-state index contributed by atoms with van der Waals surface area (Å²) < 4.78 is 0. The van der Waals surface area contributed by atoms with E-state index in [0.29, 0.717) is 13.1 Å². The maximum Gasteiger partial charge on any atom is 0.0664 e. The van der Waals surface area contributed by atoms with E-state index in [2.05, 4.69) is 19.2 Å². The van der Waals surface area contributed by atoms with Crippen LogP contribution in [0.4, 0.5) is 0 Å². The molecule has 0 radical (unpaired) electrons. The molecule has 0 heterocycles. The van der Waals surface area contributed by atoms with Crippen LogP contribution in [0.3, 0.4) is 0 Å². The molecule has 0 aromatic rings. The van der Waals surface area contributed by atoms with Gasteiger partial charge >= 0.3 is 0 Å². The largest absolute Gasteiger partial charge is 0.392 e. The molecule has 43 heavy (non-hydrogen) atoms. The molecule has 0 aliphatic carbocycles. The van der Waals surface area contributed by atoms with E-state index in [1.165, 1.54) is 193 Å². The Hall–Kier alpha value is -0.120. The zero-order valence-corrected chi connectivity index (χ0v) is 30.0. The van der Waals surface area contributed by atoms with Crippen molar-refractivity contribution in [2.24, 2.45) is 0 Å². The van der Waals surface area contributed by atoms with Crippen molar-refractivity contribution in [3.63, 3.8) is 0 Å². The van der Waals surface area contributed by atoms with Gasteiger partial charge in [-0.2, -0.15) is 0 Å². The van der Waals surface area contributed by atoms with Crippen molar-refractivity contribution in [3.05, 3.63) is 0 Å². The van der Waals surface area contributed by atoms with Gasteiger partial charge in [0.1, 0.15) is 0 Å². The van der Waals surface area contributed by atoms with E-state index in [1.54, 1.807) is 0 Å². The van der Waals surface area contributed by atoms with Crippen LogP contribution in [0.1, 0.15) is 232 Å². The molecule has 0 rings (SSSR count). The van der Waals surface area contributed by atoms with Gasteiger partial charge in [0.15, 0.2) is 0 Å². The summed E-state index contributed by atoms with van der Waals surface area (Å²) in [6.07, 6.45) is 45.5. The third-order valence-electron chi connectivity index (χ3n) is 9.54. The smallest absolute Gasteiger partial charge is 0.0664 e. The second-order valence-electron chi connectivity index (χ2n) is 14.1. The topological polar surface area (TPSA) is 52.5 Å². The number of aliphatic hydroxyl groups excluding tert-OH is 2. The maximum atomic E-state index is 10.3. The standard InChI is InChI=1S/C40H83NO2/c1-3-5-7-9-11-13-15-17-19-21-23-25-27-29-31-33-35-39(42)37-41-38-40(43)36-34-32-30-28-26-24-22-20-18-16-14-12-10-8-6-4-2/h39-43H,3-38H2,1-2H3. The Balaban J connectivity index is 3.25. The van der Waals surface area contributed by atoms with Gasteiger partial charge in [-0.1, -0.05) is 219 Å². The fourth-order valence-electron chi connectivity index (χ4n) is 6.48. The summed E-state index contributed by atoms with van der Waals surface area (Å²) in [5.74, 6) is 0. The van der Waals surface area contributed by atoms with Gasteiger partial charge in [0, 0.05) is 13.1 Å². The van der Waals surface area contributed by atoms with Gasteiger partial charge in [-0.25, -0.2) is 0 Å². The summed E-state index contributed by atoms with van der Waals surface area (Å²) in [6, 6.07) is 0. The lowest BCUT2D eigenvalue weighted by molar-refractivity contribution is 0.132. The van der Waals surface area contributed by atoms with Gasteiger partial charge < -0.3 is 15.5 Å². The molecule has 0 amide bonds. The van der Waals surface area contributed by atoms with E-state index < -0.39 is 0 Å². The van der Waals surface area contributed by atoms with Crippen LogP contribution in [0.15, 0.2) is 0 Å². The lowest BCUT2D eigenvalue weighted by Gasteiger charge is -2.15. The molecule has 0 aliphatic rings. The molecule has 260 valence electrons. The van der Waals surface area contributed by atoms with Crippen molar-refractivity contribution in [3.8, 4) is 0 Å². The van der Waals surface area contributed by atoms with Gasteiger partial charge in [-0.05, 0) is 12.8 Å². The monoisotopic (exact) mass is 610 g/mol. The van der Waals surface area contributed by atoms with Gasteiger partial charge in [0.2, 0.25) is 0 Å². The summed E-state index contributed by atoms with van der Waals surface area (Å²) in [6.45, 7) is 5.82. The molecule has 0 fully saturated rings. The highest BCUT2D eigenvalue weighted by molar-refractivity contribution is 4.65. The molecule has 0 aromatic heterocycles. The molecule has 0 bridgehead atoms. The molecule has 0 spiro atoms. The van der Waals surface area contributed by atoms with Gasteiger partial charge in [0.25, 0.3) is 0 Å². The Morgan fingerprint density at radius 2 is 0.488 bits per heavy atom. The molecule has 0 aromatic carbocycles. The predicted molar refractivity (Wildman–Crippen MR) is 193 cm³/mol. The molecular formula is C40H83NO2. The molecule has 0 saturated heterocycles. The van der Waals surface area contributed by atoms with E-state index >= 15 is 0 Å². The minimum atomic E-state index is -0.269. The summed E-state index contributed by atoms with van der Waals surface area (Å²) in [5, 5.41) is 23.8. The van der Waals surface area contributed by atoms with Crippen LogP contribution in [0.25, 0.3) is 0 Å². The average molecular weight is 610 g/mol. The quantitative estimate of drug-likeness (QED) is 0.0610. The van der Waals surface area contributed by atoms with Crippen molar-refractivity contribution in [2.45, 2.75) is 244 Å². The first-order chi connectivity index (χ1) is 21.2. The Morgan fingerprint density at radius 3 is 0.698 bits per heavy atom. The van der Waals surface area contributed by atoms with E-state index in [-0.39, 0.29) is 12.2 Å². The molecule has 2 atom stereocenters. The number of aliphatic hydroxyl groups is 2. The van der Waals surface area contributed by atoms with Crippen molar-refractivity contribution in [2.75, 3.05) is 13.1 Å². The Bertz CT molecular complexity index is 443. The number of hydrogen-bond acceptors (Lipinski definition) is 3. The number of rotatable bonds is 38. The van der Waals surface area contributed by atoms with Crippen LogP contribution in [0.5, 0.6) is 0 Å².